The highest BCUT2D eigenvalue weighted by Gasteiger charge is 2.28. The monoisotopic (exact) mass is 341 g/mol. The van der Waals surface area contributed by atoms with Gasteiger partial charge in [-0.1, -0.05) is 13.8 Å². The normalized spacial score (nSPS) is 19.1. The van der Waals surface area contributed by atoms with E-state index < -0.39 is 0 Å². The van der Waals surface area contributed by atoms with Gasteiger partial charge in [-0.05, 0) is 47.4 Å². The number of hydrogen-bond donors (Lipinski definition) is 0. The third kappa shape index (κ3) is 3.44. The number of halogens is 1. The molecule has 1 aliphatic rings. The fraction of sp³-hybridized carbons (Fsp3) is 0.667. The molecule has 20 heavy (non-hydrogen) atoms. The van der Waals surface area contributed by atoms with E-state index in [9.17, 15) is 4.79 Å². The minimum absolute atomic E-state index is 0.153. The first-order chi connectivity index (χ1) is 9.55. The molecule has 0 bridgehead atoms. The van der Waals surface area contributed by atoms with E-state index in [1.165, 1.54) is 0 Å². The molecule has 2 rings (SSSR count). The zero-order valence-corrected chi connectivity index (χ0v) is 14.2. The molecule has 1 aromatic heterocycles. The molecule has 4 nitrogen and oxygen atoms in total. The molecule has 112 valence electrons. The first kappa shape index (κ1) is 15.6. The van der Waals surface area contributed by atoms with Crippen molar-refractivity contribution in [2.75, 3.05) is 32.7 Å². The lowest BCUT2D eigenvalue weighted by Crippen LogP contribution is -2.33. The van der Waals surface area contributed by atoms with Crippen LogP contribution in [0.15, 0.2) is 16.7 Å². The molecule has 1 atom stereocenters. The molecule has 1 saturated heterocycles. The largest absolute Gasteiger partial charge is 0.345 e. The Labute approximate surface area is 129 Å². The van der Waals surface area contributed by atoms with Crippen molar-refractivity contribution >= 4 is 21.8 Å². The highest BCUT2D eigenvalue weighted by Crippen LogP contribution is 2.21. The molecular formula is C15H24BrN3O. The summed E-state index contributed by atoms with van der Waals surface area (Å²) in [5.74, 6) is 0.766. The van der Waals surface area contributed by atoms with Crippen LogP contribution in [0.5, 0.6) is 0 Å². The van der Waals surface area contributed by atoms with E-state index in [2.05, 4.69) is 34.7 Å². The summed E-state index contributed by atoms with van der Waals surface area (Å²) in [6.45, 7) is 9.45. The number of aryl methyl sites for hydroxylation is 1. The van der Waals surface area contributed by atoms with Gasteiger partial charge < -0.3 is 14.4 Å². The first-order valence-corrected chi connectivity index (χ1v) is 8.17. The zero-order chi connectivity index (χ0) is 14.7. The Morgan fingerprint density at radius 1 is 1.45 bits per heavy atom. The van der Waals surface area contributed by atoms with Gasteiger partial charge in [0.1, 0.15) is 5.69 Å². The molecule has 1 fully saturated rings. The molecule has 0 saturated carbocycles. The Kier molecular flexibility index (Phi) is 5.27. The van der Waals surface area contributed by atoms with Crippen LogP contribution in [0.25, 0.3) is 0 Å². The Morgan fingerprint density at radius 3 is 2.70 bits per heavy atom. The molecule has 0 unspecified atom stereocenters. The number of likely N-dealkylation sites (tertiary alicyclic amines) is 1. The molecule has 0 radical (unpaired) electrons. The van der Waals surface area contributed by atoms with E-state index in [0.29, 0.717) is 5.92 Å². The van der Waals surface area contributed by atoms with Crippen molar-refractivity contribution in [3.05, 3.63) is 22.4 Å². The first-order valence-electron chi connectivity index (χ1n) is 7.38. The summed E-state index contributed by atoms with van der Waals surface area (Å²) in [6.07, 6.45) is 3.05. The van der Waals surface area contributed by atoms with Gasteiger partial charge in [0, 0.05) is 37.4 Å². The van der Waals surface area contributed by atoms with Crippen LogP contribution >= 0.6 is 15.9 Å². The highest BCUT2D eigenvalue weighted by atomic mass is 79.9. The van der Waals surface area contributed by atoms with Crippen molar-refractivity contribution in [1.29, 1.82) is 0 Å². The second-order valence-corrected chi connectivity index (χ2v) is 6.46. The number of amides is 1. The van der Waals surface area contributed by atoms with Crippen LogP contribution < -0.4 is 0 Å². The van der Waals surface area contributed by atoms with Crippen molar-refractivity contribution in [3.8, 4) is 0 Å². The Bertz CT molecular complexity index is 468. The maximum atomic E-state index is 12.5. The van der Waals surface area contributed by atoms with Crippen molar-refractivity contribution in [1.82, 2.24) is 14.4 Å². The van der Waals surface area contributed by atoms with Crippen molar-refractivity contribution in [2.45, 2.75) is 20.3 Å². The standard InChI is InChI=1S/C15H24BrN3O/c1-4-18(5-2)9-12-6-7-19(10-12)15(20)14-8-13(16)11-17(14)3/h8,11-12H,4-7,9-10H2,1-3H3/t12-/m0/s1. The summed E-state index contributed by atoms with van der Waals surface area (Å²) in [5, 5.41) is 0. The van der Waals surface area contributed by atoms with Crippen LogP contribution in [0.4, 0.5) is 0 Å². The molecule has 1 amide bonds. The average molecular weight is 342 g/mol. The molecular weight excluding hydrogens is 318 g/mol. The van der Waals surface area contributed by atoms with Crippen LogP contribution in [0, 0.1) is 5.92 Å². The molecule has 5 heteroatoms. The summed E-state index contributed by atoms with van der Waals surface area (Å²) in [7, 11) is 1.92. The Hall–Kier alpha value is -0.810. The van der Waals surface area contributed by atoms with Gasteiger partial charge in [0.05, 0.1) is 0 Å². The number of carbonyl (C=O) groups is 1. The fourth-order valence-electron chi connectivity index (χ4n) is 2.91. The van der Waals surface area contributed by atoms with E-state index in [0.717, 1.165) is 49.3 Å². The average Bonchev–Trinajstić information content (AvgIpc) is 3.01. The summed E-state index contributed by atoms with van der Waals surface area (Å²) < 4.78 is 2.85. The van der Waals surface area contributed by atoms with Crippen LogP contribution in [-0.2, 0) is 7.05 Å². The predicted molar refractivity (Wildman–Crippen MR) is 84.9 cm³/mol. The summed E-state index contributed by atoms with van der Waals surface area (Å²) in [4.78, 5) is 17.0. The lowest BCUT2D eigenvalue weighted by Gasteiger charge is -2.22. The van der Waals surface area contributed by atoms with E-state index in [4.69, 9.17) is 0 Å². The SMILES string of the molecule is CCN(CC)C[C@@H]1CCN(C(=O)c2cc(Br)cn2C)C1. The number of rotatable bonds is 5. The predicted octanol–water partition coefficient (Wildman–Crippen LogP) is 2.59. The third-order valence-corrected chi connectivity index (χ3v) is 4.61. The molecule has 0 aromatic carbocycles. The smallest absolute Gasteiger partial charge is 0.270 e. The van der Waals surface area contributed by atoms with E-state index in [-0.39, 0.29) is 5.91 Å². The van der Waals surface area contributed by atoms with Gasteiger partial charge in [-0.3, -0.25) is 4.79 Å². The number of aromatic nitrogens is 1. The number of nitrogens with zero attached hydrogens (tertiary/aromatic N) is 3. The number of hydrogen-bond acceptors (Lipinski definition) is 2. The lowest BCUT2D eigenvalue weighted by molar-refractivity contribution is 0.0774. The third-order valence-electron chi connectivity index (χ3n) is 4.17. The summed E-state index contributed by atoms with van der Waals surface area (Å²) >= 11 is 3.42. The zero-order valence-electron chi connectivity index (χ0n) is 12.6. The van der Waals surface area contributed by atoms with Crippen LogP contribution in [0.2, 0.25) is 0 Å². The minimum Gasteiger partial charge on any atom is -0.345 e. The van der Waals surface area contributed by atoms with Crippen molar-refractivity contribution in [3.63, 3.8) is 0 Å². The van der Waals surface area contributed by atoms with Gasteiger partial charge in [0.25, 0.3) is 5.91 Å². The topological polar surface area (TPSA) is 28.5 Å². The maximum Gasteiger partial charge on any atom is 0.270 e. The highest BCUT2D eigenvalue weighted by molar-refractivity contribution is 9.10. The van der Waals surface area contributed by atoms with Gasteiger partial charge in [-0.15, -0.1) is 0 Å². The van der Waals surface area contributed by atoms with Crippen molar-refractivity contribution in [2.24, 2.45) is 13.0 Å². The summed E-state index contributed by atoms with van der Waals surface area (Å²) in [5.41, 5.74) is 0.764. The number of carbonyl (C=O) groups excluding carboxylic acids is 1. The molecule has 0 aliphatic carbocycles. The van der Waals surface area contributed by atoms with Gasteiger partial charge in [0.15, 0.2) is 0 Å². The molecule has 1 aromatic rings. The maximum absolute atomic E-state index is 12.5. The minimum atomic E-state index is 0.153. The van der Waals surface area contributed by atoms with Crippen LogP contribution in [0.1, 0.15) is 30.8 Å². The van der Waals surface area contributed by atoms with E-state index >= 15 is 0 Å². The Morgan fingerprint density at radius 2 is 2.15 bits per heavy atom. The molecule has 0 spiro atoms. The van der Waals surface area contributed by atoms with Gasteiger partial charge in [-0.2, -0.15) is 0 Å². The Balaban J connectivity index is 1.95. The molecule has 1 aliphatic heterocycles. The van der Waals surface area contributed by atoms with Gasteiger partial charge in [-0.25, -0.2) is 0 Å². The van der Waals surface area contributed by atoms with E-state index in [1.807, 2.05) is 28.8 Å². The van der Waals surface area contributed by atoms with Crippen LogP contribution in [-0.4, -0.2) is 53.0 Å². The second-order valence-electron chi connectivity index (χ2n) is 5.55. The second kappa shape index (κ2) is 6.76. The van der Waals surface area contributed by atoms with Gasteiger partial charge in [0.2, 0.25) is 0 Å². The fourth-order valence-corrected chi connectivity index (χ4v) is 3.44. The van der Waals surface area contributed by atoms with E-state index in [1.54, 1.807) is 0 Å². The quantitative estimate of drug-likeness (QED) is 0.823. The van der Waals surface area contributed by atoms with Crippen molar-refractivity contribution < 1.29 is 4.79 Å². The molecule has 0 N–H and O–H groups in total. The van der Waals surface area contributed by atoms with Crippen LogP contribution in [0.3, 0.4) is 0 Å². The lowest BCUT2D eigenvalue weighted by atomic mass is 10.1. The summed E-state index contributed by atoms with van der Waals surface area (Å²) in [6, 6.07) is 1.90. The molecule has 2 heterocycles. The van der Waals surface area contributed by atoms with Gasteiger partial charge >= 0.3 is 0 Å².